The number of hydrogen-bond donors (Lipinski definition) is 1. The Morgan fingerprint density at radius 3 is 2.71 bits per heavy atom. The molecule has 2 aliphatic heterocycles. The lowest BCUT2D eigenvalue weighted by molar-refractivity contribution is -0.124. The molecule has 0 aliphatic carbocycles. The molecule has 184 valence electrons. The Hall–Kier alpha value is -3.28. The molecule has 35 heavy (non-hydrogen) atoms. The Morgan fingerprint density at radius 1 is 1.20 bits per heavy atom. The van der Waals surface area contributed by atoms with Crippen molar-refractivity contribution in [2.75, 3.05) is 45.2 Å². The fourth-order valence-corrected chi connectivity index (χ4v) is 5.41. The second-order valence-corrected chi connectivity index (χ2v) is 9.49. The van der Waals surface area contributed by atoms with Crippen LogP contribution in [0.4, 0.5) is 5.69 Å². The van der Waals surface area contributed by atoms with Crippen LogP contribution < -0.4 is 5.32 Å². The molecule has 11 heteroatoms. The first-order valence-electron chi connectivity index (χ1n) is 11.5. The second-order valence-electron chi connectivity index (χ2n) is 8.49. The third-order valence-corrected chi connectivity index (χ3v) is 7.31. The van der Waals surface area contributed by atoms with Crippen molar-refractivity contribution < 1.29 is 28.3 Å². The van der Waals surface area contributed by atoms with Crippen LogP contribution in [0.3, 0.4) is 0 Å². The number of nitrogens with zero attached hydrogens (tertiary/aromatic N) is 3. The Morgan fingerprint density at radius 2 is 2.03 bits per heavy atom. The van der Waals surface area contributed by atoms with Gasteiger partial charge in [-0.15, -0.1) is 11.3 Å². The van der Waals surface area contributed by atoms with Crippen LogP contribution in [0.1, 0.15) is 38.8 Å². The number of fused-ring (bicyclic) bond motifs is 1. The number of piperazine rings is 1. The van der Waals surface area contributed by atoms with Gasteiger partial charge in [-0.3, -0.25) is 14.5 Å². The molecule has 0 unspecified atom stereocenters. The molecule has 2 saturated heterocycles. The highest BCUT2D eigenvalue weighted by molar-refractivity contribution is 7.21. The molecule has 5 heterocycles. The molecule has 3 aromatic rings. The van der Waals surface area contributed by atoms with Crippen LogP contribution in [-0.2, 0) is 20.8 Å². The average molecular weight is 499 g/mol. The van der Waals surface area contributed by atoms with Crippen molar-refractivity contribution in [1.82, 2.24) is 14.8 Å². The highest BCUT2D eigenvalue weighted by atomic mass is 32.1. The zero-order chi connectivity index (χ0) is 24.4. The molecule has 0 aromatic carbocycles. The van der Waals surface area contributed by atoms with Crippen molar-refractivity contribution in [3.8, 4) is 0 Å². The van der Waals surface area contributed by atoms with Gasteiger partial charge in [-0.25, -0.2) is 9.78 Å². The Labute approximate surface area is 205 Å². The van der Waals surface area contributed by atoms with E-state index in [4.69, 9.17) is 18.9 Å². The maximum Gasteiger partial charge on any atom is 0.350 e. The quantitative estimate of drug-likeness (QED) is 0.516. The van der Waals surface area contributed by atoms with Crippen LogP contribution in [0.2, 0.25) is 0 Å². The Bertz CT molecular complexity index is 1230. The molecule has 1 N–H and O–H groups in total. The lowest BCUT2D eigenvalue weighted by Gasteiger charge is -2.34. The van der Waals surface area contributed by atoms with Crippen molar-refractivity contribution in [2.24, 2.45) is 0 Å². The maximum absolute atomic E-state index is 12.7. The standard InChI is InChI=1S/C24H26N4O6S/c1-32-24(31)20-19(26-21(29)17-4-2-12-33-17)16-7-6-15(25-22(16)35-20)14-27-8-10-28(11-9-27)23(30)18-5-3-13-34-18/h3,5-7,13,17H,2,4,8-12,14H2,1H3,(H,26,29)/t17-/m0/s1. The normalized spacial score (nSPS) is 18.7. The van der Waals surface area contributed by atoms with Gasteiger partial charge in [-0.05, 0) is 37.1 Å². The molecule has 0 saturated carbocycles. The minimum Gasteiger partial charge on any atom is -0.465 e. The van der Waals surface area contributed by atoms with Gasteiger partial charge in [-0.1, -0.05) is 0 Å². The number of rotatable bonds is 6. The summed E-state index contributed by atoms with van der Waals surface area (Å²) in [6.45, 7) is 3.81. The van der Waals surface area contributed by atoms with E-state index in [1.54, 1.807) is 17.0 Å². The molecule has 10 nitrogen and oxygen atoms in total. The number of anilines is 1. The number of nitrogens with one attached hydrogen (secondary N) is 1. The Kier molecular flexibility index (Phi) is 6.80. The summed E-state index contributed by atoms with van der Waals surface area (Å²) in [6.07, 6.45) is 2.48. The van der Waals surface area contributed by atoms with Crippen LogP contribution >= 0.6 is 11.3 Å². The van der Waals surface area contributed by atoms with Crippen molar-refractivity contribution in [2.45, 2.75) is 25.5 Å². The maximum atomic E-state index is 12.7. The van der Waals surface area contributed by atoms with Crippen molar-refractivity contribution >= 4 is 45.0 Å². The van der Waals surface area contributed by atoms with Gasteiger partial charge < -0.3 is 24.1 Å². The topological polar surface area (TPSA) is 114 Å². The number of methoxy groups -OCH3 is 1. The number of aromatic nitrogens is 1. The van der Waals surface area contributed by atoms with Crippen molar-refractivity contribution in [3.05, 3.63) is 46.9 Å². The highest BCUT2D eigenvalue weighted by Gasteiger charge is 2.28. The predicted octanol–water partition coefficient (Wildman–Crippen LogP) is 2.75. The summed E-state index contributed by atoms with van der Waals surface area (Å²) < 4.78 is 15.6. The Balaban J connectivity index is 1.29. The zero-order valence-electron chi connectivity index (χ0n) is 19.3. The summed E-state index contributed by atoms with van der Waals surface area (Å²) in [5.41, 5.74) is 1.26. The molecular weight excluding hydrogens is 472 g/mol. The smallest absolute Gasteiger partial charge is 0.350 e. The van der Waals surface area contributed by atoms with Crippen molar-refractivity contribution in [1.29, 1.82) is 0 Å². The van der Waals surface area contributed by atoms with E-state index in [1.165, 1.54) is 24.7 Å². The molecule has 5 rings (SSSR count). The first-order chi connectivity index (χ1) is 17.0. The van der Waals surface area contributed by atoms with E-state index in [-0.39, 0.29) is 11.8 Å². The second kappa shape index (κ2) is 10.1. The SMILES string of the molecule is COC(=O)c1sc2nc(CN3CCN(C(=O)c4ccco4)CC3)ccc2c1NC(=O)[C@@H]1CCCO1. The molecule has 0 radical (unpaired) electrons. The number of carbonyl (C=O) groups is 3. The first-order valence-corrected chi connectivity index (χ1v) is 12.3. The van der Waals surface area contributed by atoms with Crippen LogP contribution in [-0.4, -0.2) is 78.6 Å². The largest absolute Gasteiger partial charge is 0.465 e. The van der Waals surface area contributed by atoms with E-state index in [1.807, 2.05) is 12.1 Å². The molecule has 0 spiro atoms. The minimum absolute atomic E-state index is 0.0966. The number of esters is 1. The molecule has 3 aromatic heterocycles. The van der Waals surface area contributed by atoms with Gasteiger partial charge in [0.1, 0.15) is 15.8 Å². The molecular formula is C24H26N4O6S. The molecule has 2 fully saturated rings. The van der Waals surface area contributed by atoms with E-state index in [0.717, 1.165) is 12.1 Å². The number of pyridine rings is 1. The number of furan rings is 1. The summed E-state index contributed by atoms with van der Waals surface area (Å²) in [4.78, 5) is 47.3. The van der Waals surface area contributed by atoms with E-state index in [2.05, 4.69) is 10.2 Å². The minimum atomic E-state index is -0.519. The summed E-state index contributed by atoms with van der Waals surface area (Å²) in [5, 5.41) is 3.56. The summed E-state index contributed by atoms with van der Waals surface area (Å²) in [6, 6.07) is 7.16. The molecule has 2 aliphatic rings. The number of carbonyl (C=O) groups excluding carboxylic acids is 3. The van der Waals surface area contributed by atoms with Gasteiger partial charge in [0.15, 0.2) is 5.76 Å². The monoisotopic (exact) mass is 498 g/mol. The van der Waals surface area contributed by atoms with Gasteiger partial charge in [0.2, 0.25) is 0 Å². The fourth-order valence-electron chi connectivity index (χ4n) is 4.35. The number of thiophene rings is 1. The molecule has 1 atom stereocenters. The summed E-state index contributed by atoms with van der Waals surface area (Å²) in [7, 11) is 1.31. The lowest BCUT2D eigenvalue weighted by atomic mass is 10.2. The van der Waals surface area contributed by atoms with E-state index < -0.39 is 12.1 Å². The predicted molar refractivity (Wildman–Crippen MR) is 128 cm³/mol. The average Bonchev–Trinajstić information content (AvgIpc) is 3.65. The lowest BCUT2D eigenvalue weighted by Crippen LogP contribution is -2.48. The number of hydrogen-bond acceptors (Lipinski definition) is 9. The van der Waals surface area contributed by atoms with Gasteiger partial charge in [0.05, 0.1) is 24.8 Å². The van der Waals surface area contributed by atoms with E-state index >= 15 is 0 Å². The summed E-state index contributed by atoms with van der Waals surface area (Å²) in [5.74, 6) is -0.527. The first kappa shape index (κ1) is 23.5. The number of amides is 2. The van der Waals surface area contributed by atoms with Crippen LogP contribution in [0, 0.1) is 0 Å². The van der Waals surface area contributed by atoms with E-state index in [9.17, 15) is 14.4 Å². The molecule has 0 bridgehead atoms. The summed E-state index contributed by atoms with van der Waals surface area (Å²) >= 11 is 1.20. The fraction of sp³-hybridized carbons (Fsp3) is 0.417. The van der Waals surface area contributed by atoms with Crippen molar-refractivity contribution in [3.63, 3.8) is 0 Å². The third kappa shape index (κ3) is 4.93. The zero-order valence-corrected chi connectivity index (χ0v) is 20.1. The van der Waals surface area contributed by atoms with Crippen LogP contribution in [0.5, 0.6) is 0 Å². The van der Waals surface area contributed by atoms with Crippen LogP contribution in [0.25, 0.3) is 10.2 Å². The highest BCUT2D eigenvalue weighted by Crippen LogP contribution is 2.36. The van der Waals surface area contributed by atoms with Crippen LogP contribution in [0.15, 0.2) is 34.9 Å². The van der Waals surface area contributed by atoms with Gasteiger partial charge in [0.25, 0.3) is 11.8 Å². The third-order valence-electron chi connectivity index (χ3n) is 6.23. The van der Waals surface area contributed by atoms with Gasteiger partial charge in [-0.2, -0.15) is 0 Å². The van der Waals surface area contributed by atoms with Gasteiger partial charge >= 0.3 is 5.97 Å². The number of ether oxygens (including phenoxy) is 2. The van der Waals surface area contributed by atoms with E-state index in [0.29, 0.717) is 72.3 Å². The van der Waals surface area contributed by atoms with Gasteiger partial charge in [0, 0.05) is 44.7 Å². The molecule has 2 amide bonds.